The molecule has 6 heteroatoms. The molecule has 0 unspecified atom stereocenters. The molecule has 1 aromatic carbocycles. The molecule has 1 aromatic rings. The summed E-state index contributed by atoms with van der Waals surface area (Å²) in [5.41, 5.74) is 5.66. The van der Waals surface area contributed by atoms with Crippen LogP contribution in [-0.2, 0) is 0 Å². The van der Waals surface area contributed by atoms with Crippen molar-refractivity contribution in [3.63, 3.8) is 0 Å². The second kappa shape index (κ2) is 6.35. The SMILES string of the molecule is COc1cc(N)c(C(=O)O)cc1OCCCC#N. The lowest BCUT2D eigenvalue weighted by molar-refractivity contribution is 0.0697. The van der Waals surface area contributed by atoms with Gasteiger partial charge in [-0.25, -0.2) is 4.79 Å². The zero-order valence-electron chi connectivity index (χ0n) is 9.97. The molecule has 0 saturated heterocycles. The summed E-state index contributed by atoms with van der Waals surface area (Å²) >= 11 is 0. The van der Waals surface area contributed by atoms with Gasteiger partial charge in [0.05, 0.1) is 31.0 Å². The summed E-state index contributed by atoms with van der Waals surface area (Å²) < 4.78 is 10.4. The Bertz CT molecular complexity index is 480. The maximum atomic E-state index is 10.9. The number of ether oxygens (including phenoxy) is 2. The number of hydrogen-bond donors (Lipinski definition) is 2. The number of unbranched alkanes of at least 4 members (excludes halogenated alkanes) is 1. The molecule has 0 aliphatic heterocycles. The topological polar surface area (TPSA) is 106 Å². The molecule has 6 nitrogen and oxygen atoms in total. The van der Waals surface area contributed by atoms with Gasteiger partial charge in [0.1, 0.15) is 0 Å². The lowest BCUT2D eigenvalue weighted by Gasteiger charge is -2.12. The van der Waals surface area contributed by atoms with Crippen LogP contribution in [0.2, 0.25) is 0 Å². The standard InChI is InChI=1S/C12H14N2O4/c1-17-10-7-9(14)8(12(15)16)6-11(10)18-5-3-2-4-13/h6-7H,2-3,5,14H2,1H3,(H,15,16). The number of nitrogens with two attached hydrogens (primary N) is 1. The predicted molar refractivity (Wildman–Crippen MR) is 64.7 cm³/mol. The van der Waals surface area contributed by atoms with Crippen LogP contribution in [-0.4, -0.2) is 24.8 Å². The van der Waals surface area contributed by atoms with Gasteiger partial charge in [0, 0.05) is 18.6 Å². The highest BCUT2D eigenvalue weighted by Crippen LogP contribution is 2.32. The molecule has 0 amide bonds. The van der Waals surface area contributed by atoms with Crippen molar-refractivity contribution < 1.29 is 19.4 Å². The van der Waals surface area contributed by atoms with Crippen LogP contribution in [0.5, 0.6) is 11.5 Å². The zero-order chi connectivity index (χ0) is 13.5. The molecule has 0 bridgehead atoms. The van der Waals surface area contributed by atoms with Gasteiger partial charge in [-0.1, -0.05) is 0 Å². The van der Waals surface area contributed by atoms with E-state index in [0.29, 0.717) is 30.9 Å². The first-order chi connectivity index (χ1) is 8.60. The molecule has 0 radical (unpaired) electrons. The summed E-state index contributed by atoms with van der Waals surface area (Å²) in [6.45, 7) is 0.312. The number of carboxylic acids is 1. The fourth-order valence-corrected chi connectivity index (χ4v) is 1.37. The van der Waals surface area contributed by atoms with Crippen molar-refractivity contribution in [2.45, 2.75) is 12.8 Å². The van der Waals surface area contributed by atoms with E-state index in [1.807, 2.05) is 6.07 Å². The van der Waals surface area contributed by atoms with Crippen molar-refractivity contribution in [3.05, 3.63) is 17.7 Å². The van der Waals surface area contributed by atoms with E-state index in [4.69, 9.17) is 25.6 Å². The van der Waals surface area contributed by atoms with Crippen LogP contribution < -0.4 is 15.2 Å². The number of nitrogens with zero attached hydrogens (tertiary/aromatic N) is 1. The van der Waals surface area contributed by atoms with Crippen molar-refractivity contribution in [2.75, 3.05) is 19.5 Å². The number of methoxy groups -OCH3 is 1. The second-order valence-corrected chi connectivity index (χ2v) is 3.51. The second-order valence-electron chi connectivity index (χ2n) is 3.51. The van der Waals surface area contributed by atoms with E-state index in [9.17, 15) is 4.79 Å². The molecular weight excluding hydrogens is 236 g/mol. The molecule has 0 aliphatic carbocycles. The molecule has 0 aliphatic rings. The molecule has 96 valence electrons. The normalized spacial score (nSPS) is 9.56. The van der Waals surface area contributed by atoms with Gasteiger partial charge in [-0.2, -0.15) is 5.26 Å². The zero-order valence-corrected chi connectivity index (χ0v) is 9.97. The number of nitrogen functional groups attached to an aromatic ring is 1. The minimum absolute atomic E-state index is 0.0360. The van der Waals surface area contributed by atoms with Crippen LogP contribution >= 0.6 is 0 Å². The van der Waals surface area contributed by atoms with Gasteiger partial charge in [0.25, 0.3) is 0 Å². The number of carbonyl (C=O) groups is 1. The summed E-state index contributed by atoms with van der Waals surface area (Å²) in [4.78, 5) is 10.9. The van der Waals surface area contributed by atoms with E-state index >= 15 is 0 Å². The monoisotopic (exact) mass is 250 g/mol. The van der Waals surface area contributed by atoms with E-state index in [2.05, 4.69) is 0 Å². The van der Waals surface area contributed by atoms with Crippen LogP contribution in [0.4, 0.5) is 5.69 Å². The molecule has 18 heavy (non-hydrogen) atoms. The summed E-state index contributed by atoms with van der Waals surface area (Å²) in [6.07, 6.45) is 0.940. The molecule has 0 atom stereocenters. The Labute approximate surface area is 105 Å². The third-order valence-electron chi connectivity index (χ3n) is 2.26. The van der Waals surface area contributed by atoms with E-state index in [1.54, 1.807) is 0 Å². The third-order valence-corrected chi connectivity index (χ3v) is 2.26. The number of anilines is 1. The van der Waals surface area contributed by atoms with Crippen LogP contribution in [0, 0.1) is 11.3 Å². The Kier molecular flexibility index (Phi) is 4.81. The molecule has 3 N–H and O–H groups in total. The Balaban J connectivity index is 2.91. The van der Waals surface area contributed by atoms with Crippen LogP contribution in [0.15, 0.2) is 12.1 Å². The van der Waals surface area contributed by atoms with Gasteiger partial charge in [-0.05, 0) is 6.42 Å². The first-order valence-corrected chi connectivity index (χ1v) is 5.30. The maximum Gasteiger partial charge on any atom is 0.337 e. The number of nitriles is 1. The van der Waals surface area contributed by atoms with Gasteiger partial charge in [-0.3, -0.25) is 0 Å². The van der Waals surface area contributed by atoms with Crippen LogP contribution in [0.3, 0.4) is 0 Å². The number of benzene rings is 1. The third kappa shape index (κ3) is 3.28. The van der Waals surface area contributed by atoms with E-state index in [-0.39, 0.29) is 11.3 Å². The van der Waals surface area contributed by atoms with Crippen molar-refractivity contribution in [3.8, 4) is 17.6 Å². The summed E-state index contributed by atoms with van der Waals surface area (Å²) in [5, 5.41) is 17.3. The van der Waals surface area contributed by atoms with Gasteiger partial charge < -0.3 is 20.3 Å². The Morgan fingerprint density at radius 2 is 2.22 bits per heavy atom. The molecule has 0 heterocycles. The number of carboxylic acid groups (broad SMARTS) is 1. The highest BCUT2D eigenvalue weighted by molar-refractivity contribution is 5.94. The Morgan fingerprint density at radius 1 is 1.50 bits per heavy atom. The fraction of sp³-hybridized carbons (Fsp3) is 0.333. The number of hydrogen-bond acceptors (Lipinski definition) is 5. The van der Waals surface area contributed by atoms with E-state index < -0.39 is 5.97 Å². The molecular formula is C12H14N2O4. The summed E-state index contributed by atoms with van der Waals surface area (Å²) in [5.74, 6) is -0.450. The molecule has 0 spiro atoms. The van der Waals surface area contributed by atoms with Crippen LogP contribution in [0.25, 0.3) is 0 Å². The number of aromatic carboxylic acids is 1. The smallest absolute Gasteiger partial charge is 0.337 e. The van der Waals surface area contributed by atoms with Crippen LogP contribution in [0.1, 0.15) is 23.2 Å². The van der Waals surface area contributed by atoms with E-state index in [0.717, 1.165) is 0 Å². The molecule has 1 rings (SSSR count). The lowest BCUT2D eigenvalue weighted by Crippen LogP contribution is -2.06. The average molecular weight is 250 g/mol. The van der Waals surface area contributed by atoms with Gasteiger partial charge >= 0.3 is 5.97 Å². The lowest BCUT2D eigenvalue weighted by atomic mass is 10.1. The van der Waals surface area contributed by atoms with Crippen molar-refractivity contribution in [2.24, 2.45) is 0 Å². The largest absolute Gasteiger partial charge is 0.493 e. The molecule has 0 fully saturated rings. The Morgan fingerprint density at radius 3 is 2.78 bits per heavy atom. The predicted octanol–water partition coefficient (Wildman–Crippen LogP) is 1.66. The molecule has 0 saturated carbocycles. The maximum absolute atomic E-state index is 10.9. The Hall–Kier alpha value is -2.42. The summed E-state index contributed by atoms with van der Waals surface area (Å²) in [7, 11) is 1.44. The van der Waals surface area contributed by atoms with Gasteiger partial charge in [-0.15, -0.1) is 0 Å². The van der Waals surface area contributed by atoms with Gasteiger partial charge in [0.15, 0.2) is 11.5 Å². The molecule has 0 aromatic heterocycles. The van der Waals surface area contributed by atoms with Crippen molar-refractivity contribution >= 4 is 11.7 Å². The minimum Gasteiger partial charge on any atom is -0.493 e. The fourth-order valence-electron chi connectivity index (χ4n) is 1.37. The first-order valence-electron chi connectivity index (χ1n) is 5.30. The highest BCUT2D eigenvalue weighted by Gasteiger charge is 2.14. The average Bonchev–Trinajstić information content (AvgIpc) is 2.35. The van der Waals surface area contributed by atoms with Crippen molar-refractivity contribution in [1.29, 1.82) is 5.26 Å². The van der Waals surface area contributed by atoms with E-state index in [1.165, 1.54) is 19.2 Å². The highest BCUT2D eigenvalue weighted by atomic mass is 16.5. The van der Waals surface area contributed by atoms with Gasteiger partial charge in [0.2, 0.25) is 0 Å². The summed E-state index contributed by atoms with van der Waals surface area (Å²) in [6, 6.07) is 4.72. The quantitative estimate of drug-likeness (QED) is 0.587. The first kappa shape index (κ1) is 13.6. The minimum atomic E-state index is -1.13. The number of rotatable bonds is 6. The van der Waals surface area contributed by atoms with Crippen molar-refractivity contribution in [1.82, 2.24) is 0 Å².